The van der Waals surface area contributed by atoms with E-state index in [4.69, 9.17) is 15.3 Å². The van der Waals surface area contributed by atoms with Crippen LogP contribution in [0.3, 0.4) is 0 Å². The number of para-hydroxylation sites is 1. The van der Waals surface area contributed by atoms with Crippen molar-refractivity contribution in [3.63, 3.8) is 0 Å². The van der Waals surface area contributed by atoms with Crippen LogP contribution in [0, 0.1) is 5.92 Å². The Labute approximate surface area is 108 Å². The molecule has 1 aliphatic heterocycles. The minimum Gasteiger partial charge on any atom is -0.494 e. The van der Waals surface area contributed by atoms with Gasteiger partial charge in [0.25, 0.3) is 0 Å². The Kier molecular flexibility index (Phi) is 4.99. The molecular weight excluding hydrogens is 228 g/mol. The van der Waals surface area contributed by atoms with Crippen LogP contribution in [0.1, 0.15) is 31.4 Å². The summed E-state index contributed by atoms with van der Waals surface area (Å²) in [5.41, 5.74) is 4.04. The lowest BCUT2D eigenvalue weighted by Gasteiger charge is -2.21. The molecule has 1 fully saturated rings. The van der Waals surface area contributed by atoms with E-state index in [2.05, 4.69) is 11.5 Å². The average Bonchev–Trinajstić information content (AvgIpc) is 2.90. The summed E-state index contributed by atoms with van der Waals surface area (Å²) in [5, 5.41) is 0. The summed E-state index contributed by atoms with van der Waals surface area (Å²) < 4.78 is 11.1. The number of hydrazine groups is 1. The number of hydrogen-bond acceptors (Lipinski definition) is 4. The van der Waals surface area contributed by atoms with Gasteiger partial charge in [-0.05, 0) is 31.7 Å². The molecule has 2 unspecified atom stereocenters. The zero-order valence-electron chi connectivity index (χ0n) is 10.9. The third-order valence-corrected chi connectivity index (χ3v) is 3.39. The summed E-state index contributed by atoms with van der Waals surface area (Å²) >= 11 is 0. The monoisotopic (exact) mass is 250 g/mol. The van der Waals surface area contributed by atoms with Crippen LogP contribution in [-0.2, 0) is 4.74 Å². The van der Waals surface area contributed by atoms with Crippen LogP contribution in [0.5, 0.6) is 5.75 Å². The molecule has 0 spiro atoms. The number of hydrogen-bond donors (Lipinski definition) is 2. The predicted octanol–water partition coefficient (Wildman–Crippen LogP) is 2.02. The van der Waals surface area contributed by atoms with E-state index in [-0.39, 0.29) is 6.04 Å². The minimum atomic E-state index is 0.124. The third kappa shape index (κ3) is 3.22. The number of nitrogens with two attached hydrogens (primary N) is 1. The highest BCUT2D eigenvalue weighted by Crippen LogP contribution is 2.31. The molecule has 0 amide bonds. The van der Waals surface area contributed by atoms with Gasteiger partial charge >= 0.3 is 0 Å². The summed E-state index contributed by atoms with van der Waals surface area (Å²) in [5.74, 6) is 7.20. The SMILES string of the molecule is CCOc1ccccc1C(CC1CCOC1)NN. The maximum absolute atomic E-state index is 5.70. The van der Waals surface area contributed by atoms with Gasteiger partial charge in [-0.15, -0.1) is 0 Å². The topological polar surface area (TPSA) is 56.5 Å². The van der Waals surface area contributed by atoms with Crippen LogP contribution in [-0.4, -0.2) is 19.8 Å². The summed E-state index contributed by atoms with van der Waals surface area (Å²) in [4.78, 5) is 0. The molecule has 0 saturated carbocycles. The fraction of sp³-hybridized carbons (Fsp3) is 0.571. The second-order valence-electron chi connectivity index (χ2n) is 4.66. The van der Waals surface area contributed by atoms with Gasteiger partial charge in [-0.2, -0.15) is 0 Å². The molecule has 1 aromatic carbocycles. The maximum Gasteiger partial charge on any atom is 0.124 e. The fourth-order valence-electron chi connectivity index (χ4n) is 2.44. The van der Waals surface area contributed by atoms with Crippen molar-refractivity contribution in [2.24, 2.45) is 11.8 Å². The number of ether oxygens (including phenoxy) is 2. The van der Waals surface area contributed by atoms with Gasteiger partial charge in [0.2, 0.25) is 0 Å². The van der Waals surface area contributed by atoms with Gasteiger partial charge < -0.3 is 9.47 Å². The van der Waals surface area contributed by atoms with Crippen LogP contribution in [0.4, 0.5) is 0 Å². The molecule has 3 N–H and O–H groups in total. The van der Waals surface area contributed by atoms with Crippen molar-refractivity contribution >= 4 is 0 Å². The van der Waals surface area contributed by atoms with Gasteiger partial charge in [0.1, 0.15) is 5.75 Å². The van der Waals surface area contributed by atoms with E-state index in [0.29, 0.717) is 12.5 Å². The molecule has 2 rings (SSSR count). The van der Waals surface area contributed by atoms with Gasteiger partial charge in [0.15, 0.2) is 0 Å². The van der Waals surface area contributed by atoms with Gasteiger partial charge in [0, 0.05) is 24.8 Å². The summed E-state index contributed by atoms with van der Waals surface area (Å²) in [7, 11) is 0. The number of benzene rings is 1. The van der Waals surface area contributed by atoms with Gasteiger partial charge in [-0.1, -0.05) is 18.2 Å². The maximum atomic E-state index is 5.70. The standard InChI is InChI=1S/C14H22N2O2/c1-2-18-14-6-4-3-5-12(14)13(16-15)9-11-7-8-17-10-11/h3-6,11,13,16H,2,7-10,15H2,1H3. The number of nitrogens with one attached hydrogen (secondary N) is 1. The molecule has 18 heavy (non-hydrogen) atoms. The Bertz CT molecular complexity index is 365. The molecule has 1 aromatic rings. The van der Waals surface area contributed by atoms with Gasteiger partial charge in [0.05, 0.1) is 6.61 Å². The first-order valence-corrected chi connectivity index (χ1v) is 6.60. The fourth-order valence-corrected chi connectivity index (χ4v) is 2.44. The van der Waals surface area contributed by atoms with E-state index in [1.165, 1.54) is 0 Å². The second-order valence-corrected chi connectivity index (χ2v) is 4.66. The molecule has 4 nitrogen and oxygen atoms in total. The van der Waals surface area contributed by atoms with Crippen LogP contribution in [0.15, 0.2) is 24.3 Å². The molecule has 0 bridgehead atoms. The highest BCUT2D eigenvalue weighted by molar-refractivity contribution is 5.35. The van der Waals surface area contributed by atoms with Crippen molar-refractivity contribution < 1.29 is 9.47 Å². The minimum absolute atomic E-state index is 0.124. The first-order valence-electron chi connectivity index (χ1n) is 6.60. The van der Waals surface area contributed by atoms with E-state index >= 15 is 0 Å². The zero-order valence-corrected chi connectivity index (χ0v) is 10.9. The Hall–Kier alpha value is -1.10. The normalized spacial score (nSPS) is 20.9. The summed E-state index contributed by atoms with van der Waals surface area (Å²) in [6.45, 7) is 4.37. The van der Waals surface area contributed by atoms with Crippen LogP contribution in [0.25, 0.3) is 0 Å². The largest absolute Gasteiger partial charge is 0.494 e. The summed E-state index contributed by atoms with van der Waals surface area (Å²) in [6.07, 6.45) is 2.11. The van der Waals surface area contributed by atoms with Crippen molar-refractivity contribution in [1.29, 1.82) is 0 Å². The van der Waals surface area contributed by atoms with E-state index in [1.807, 2.05) is 25.1 Å². The van der Waals surface area contributed by atoms with Crippen molar-refractivity contribution in [2.75, 3.05) is 19.8 Å². The third-order valence-electron chi connectivity index (χ3n) is 3.39. The molecule has 1 saturated heterocycles. The van der Waals surface area contributed by atoms with Crippen LogP contribution >= 0.6 is 0 Å². The lowest BCUT2D eigenvalue weighted by molar-refractivity contribution is 0.181. The molecule has 2 atom stereocenters. The van der Waals surface area contributed by atoms with Gasteiger partial charge in [-0.25, -0.2) is 0 Å². The van der Waals surface area contributed by atoms with Crippen LogP contribution in [0.2, 0.25) is 0 Å². The molecule has 100 valence electrons. The Morgan fingerprint density at radius 2 is 2.33 bits per heavy atom. The molecule has 1 heterocycles. The van der Waals surface area contributed by atoms with Crippen LogP contribution < -0.4 is 16.0 Å². The molecule has 0 aromatic heterocycles. The van der Waals surface area contributed by atoms with E-state index in [9.17, 15) is 0 Å². The quantitative estimate of drug-likeness (QED) is 0.599. The lowest BCUT2D eigenvalue weighted by atomic mass is 9.94. The molecule has 1 aliphatic rings. The number of rotatable bonds is 6. The Balaban J connectivity index is 2.10. The highest BCUT2D eigenvalue weighted by atomic mass is 16.5. The predicted molar refractivity (Wildman–Crippen MR) is 71.2 cm³/mol. The van der Waals surface area contributed by atoms with E-state index in [1.54, 1.807) is 0 Å². The lowest BCUT2D eigenvalue weighted by Crippen LogP contribution is -2.30. The smallest absolute Gasteiger partial charge is 0.124 e. The molecular formula is C14H22N2O2. The highest BCUT2D eigenvalue weighted by Gasteiger charge is 2.23. The summed E-state index contributed by atoms with van der Waals surface area (Å²) in [6, 6.07) is 8.20. The van der Waals surface area contributed by atoms with E-state index in [0.717, 1.165) is 37.4 Å². The molecule has 0 aliphatic carbocycles. The van der Waals surface area contributed by atoms with Crippen molar-refractivity contribution in [3.05, 3.63) is 29.8 Å². The van der Waals surface area contributed by atoms with Crippen molar-refractivity contribution in [2.45, 2.75) is 25.8 Å². The van der Waals surface area contributed by atoms with E-state index < -0.39 is 0 Å². The van der Waals surface area contributed by atoms with Gasteiger partial charge in [-0.3, -0.25) is 11.3 Å². The Morgan fingerprint density at radius 3 is 3.00 bits per heavy atom. The first-order chi connectivity index (χ1) is 8.85. The first kappa shape index (κ1) is 13.3. The zero-order chi connectivity index (χ0) is 12.8. The van der Waals surface area contributed by atoms with Crippen molar-refractivity contribution in [3.8, 4) is 5.75 Å². The second kappa shape index (κ2) is 6.73. The molecule has 0 radical (unpaired) electrons. The van der Waals surface area contributed by atoms with Crippen molar-refractivity contribution in [1.82, 2.24) is 5.43 Å². The molecule has 4 heteroatoms. The Morgan fingerprint density at radius 1 is 1.50 bits per heavy atom. The average molecular weight is 250 g/mol.